The first-order valence-corrected chi connectivity index (χ1v) is 19.6. The van der Waals surface area contributed by atoms with E-state index >= 15 is 0 Å². The molecule has 1 aromatic carbocycles. The Bertz CT molecular complexity index is 1640. The van der Waals surface area contributed by atoms with Crippen LogP contribution < -0.4 is 10.6 Å². The lowest BCUT2D eigenvalue weighted by Gasteiger charge is -2.38. The number of carbonyl (C=O) groups excluding carboxylic acids is 8. The van der Waals surface area contributed by atoms with Crippen LogP contribution in [0.25, 0.3) is 0 Å². The molecule has 16 nitrogen and oxygen atoms in total. The van der Waals surface area contributed by atoms with Crippen molar-refractivity contribution in [2.75, 3.05) is 34.2 Å². The Kier molecular flexibility index (Phi) is 14.8. The molecule has 3 saturated heterocycles. The molecule has 0 radical (unpaired) electrons. The van der Waals surface area contributed by atoms with Crippen LogP contribution >= 0.6 is 0 Å². The summed E-state index contributed by atoms with van der Waals surface area (Å²) in [4.78, 5) is 117. The van der Waals surface area contributed by atoms with Gasteiger partial charge in [0.2, 0.25) is 29.5 Å². The summed E-state index contributed by atoms with van der Waals surface area (Å²) in [6.07, 6.45) is 2.07. The van der Waals surface area contributed by atoms with E-state index in [4.69, 9.17) is 4.84 Å². The van der Waals surface area contributed by atoms with Crippen LogP contribution in [0.5, 0.6) is 0 Å². The fourth-order valence-electron chi connectivity index (χ4n) is 7.95. The molecule has 0 spiro atoms. The van der Waals surface area contributed by atoms with Gasteiger partial charge in [0.25, 0.3) is 11.8 Å². The molecular weight excluding hydrogens is 722 g/mol. The molecule has 5 unspecified atom stereocenters. The molecule has 1 aromatic rings. The van der Waals surface area contributed by atoms with Gasteiger partial charge >= 0.3 is 5.97 Å². The van der Waals surface area contributed by atoms with Crippen molar-refractivity contribution in [3.63, 3.8) is 0 Å². The first-order valence-electron chi connectivity index (χ1n) is 19.6. The van der Waals surface area contributed by atoms with Crippen LogP contribution in [0.15, 0.2) is 24.3 Å². The standard InChI is InChI=1S/C40H59N7O9/c1-23(2)32(42-36(51)33(24(3)4)43(7)8)38(53)44(9)34(25(5)6)39(54)46-21-11-13-29(46)37(52)45-20-10-12-28(45)35(50)41-22-26-14-16-27(17-15-26)40(55)56-47-30(48)18-19-31(47)49/h14-17,23-25,28-29,32-34H,10-13,18-22H2,1-9H3,(H,41,50)(H,42,51). The van der Waals surface area contributed by atoms with E-state index in [0.29, 0.717) is 49.4 Å². The third-order valence-corrected chi connectivity index (χ3v) is 10.8. The topological polar surface area (TPSA) is 186 Å². The number of hydroxylamine groups is 2. The third-order valence-electron chi connectivity index (χ3n) is 10.8. The molecule has 0 aliphatic carbocycles. The zero-order chi connectivity index (χ0) is 41.6. The van der Waals surface area contributed by atoms with Crippen LogP contribution in [-0.4, -0.2) is 136 Å². The van der Waals surface area contributed by atoms with Crippen molar-refractivity contribution in [1.29, 1.82) is 0 Å². The summed E-state index contributed by atoms with van der Waals surface area (Å²) in [7, 11) is 5.21. The molecular formula is C40H59N7O9. The number of carbonyl (C=O) groups is 8. The van der Waals surface area contributed by atoms with Gasteiger partial charge in [-0.25, -0.2) is 4.79 Å². The highest BCUT2D eigenvalue weighted by Gasteiger charge is 2.46. The van der Waals surface area contributed by atoms with E-state index in [1.165, 1.54) is 17.0 Å². The molecule has 2 N–H and O–H groups in total. The second kappa shape index (κ2) is 18.9. The Morgan fingerprint density at radius 1 is 0.768 bits per heavy atom. The first-order chi connectivity index (χ1) is 26.3. The quantitative estimate of drug-likeness (QED) is 0.248. The second-order valence-electron chi connectivity index (χ2n) is 16.3. The summed E-state index contributed by atoms with van der Waals surface area (Å²) in [6.45, 7) is 12.1. The van der Waals surface area contributed by atoms with Gasteiger partial charge in [-0.15, -0.1) is 5.06 Å². The molecule has 5 atom stereocenters. The van der Waals surface area contributed by atoms with Gasteiger partial charge in [0.15, 0.2) is 0 Å². The van der Waals surface area contributed by atoms with E-state index in [-0.39, 0.29) is 72.2 Å². The predicted molar refractivity (Wildman–Crippen MR) is 205 cm³/mol. The van der Waals surface area contributed by atoms with E-state index < -0.39 is 48.0 Å². The fraction of sp³-hybridized carbons (Fsp3) is 0.650. The predicted octanol–water partition coefficient (Wildman–Crippen LogP) is 1.72. The minimum absolute atomic E-state index is 0.00320. The number of rotatable bonds is 15. The summed E-state index contributed by atoms with van der Waals surface area (Å²) < 4.78 is 0. The van der Waals surface area contributed by atoms with Crippen LogP contribution in [0.3, 0.4) is 0 Å². The van der Waals surface area contributed by atoms with Crippen molar-refractivity contribution >= 4 is 47.3 Å². The van der Waals surface area contributed by atoms with E-state index in [1.54, 1.807) is 29.0 Å². The average molecular weight is 782 g/mol. The Hall–Kier alpha value is -4.86. The van der Waals surface area contributed by atoms with Crippen LogP contribution in [-0.2, 0) is 44.9 Å². The van der Waals surface area contributed by atoms with E-state index in [2.05, 4.69) is 10.6 Å². The smallest absolute Gasteiger partial charge is 0.350 e. The van der Waals surface area contributed by atoms with E-state index in [1.807, 2.05) is 60.5 Å². The highest BCUT2D eigenvalue weighted by atomic mass is 16.7. The Morgan fingerprint density at radius 2 is 1.32 bits per heavy atom. The zero-order valence-electron chi connectivity index (χ0n) is 34.2. The summed E-state index contributed by atoms with van der Waals surface area (Å²) in [5.74, 6) is -4.21. The summed E-state index contributed by atoms with van der Waals surface area (Å²) in [5.41, 5.74) is 0.791. The van der Waals surface area contributed by atoms with Crippen molar-refractivity contribution in [3.8, 4) is 0 Å². The number of benzene rings is 1. The number of imide groups is 1. The maximum atomic E-state index is 14.3. The average Bonchev–Trinajstić information content (AvgIpc) is 3.90. The minimum atomic E-state index is -0.889. The van der Waals surface area contributed by atoms with Gasteiger partial charge in [0.1, 0.15) is 24.2 Å². The third kappa shape index (κ3) is 9.92. The molecule has 7 amide bonds. The lowest BCUT2D eigenvalue weighted by Crippen LogP contribution is -2.61. The minimum Gasteiger partial charge on any atom is -0.350 e. The van der Waals surface area contributed by atoms with Gasteiger partial charge in [-0.05, 0) is 75.2 Å². The van der Waals surface area contributed by atoms with Crippen molar-refractivity contribution in [2.24, 2.45) is 17.8 Å². The largest absolute Gasteiger partial charge is 0.363 e. The van der Waals surface area contributed by atoms with Crippen LogP contribution in [0.1, 0.15) is 96.0 Å². The molecule has 0 aromatic heterocycles. The number of likely N-dealkylation sites (tertiary alicyclic amines) is 2. The Balaban J connectivity index is 1.39. The van der Waals surface area contributed by atoms with Gasteiger partial charge < -0.3 is 30.2 Å². The van der Waals surface area contributed by atoms with Crippen molar-refractivity contribution in [3.05, 3.63) is 35.4 Å². The molecule has 16 heteroatoms. The van der Waals surface area contributed by atoms with Crippen molar-refractivity contribution in [2.45, 2.75) is 117 Å². The van der Waals surface area contributed by atoms with Crippen LogP contribution in [0.2, 0.25) is 0 Å². The molecule has 3 heterocycles. The van der Waals surface area contributed by atoms with Gasteiger partial charge in [0, 0.05) is 39.5 Å². The number of amides is 7. The highest BCUT2D eigenvalue weighted by Crippen LogP contribution is 2.28. The maximum Gasteiger partial charge on any atom is 0.363 e. The highest BCUT2D eigenvalue weighted by molar-refractivity contribution is 6.03. The lowest BCUT2D eigenvalue weighted by molar-refractivity contribution is -0.172. The summed E-state index contributed by atoms with van der Waals surface area (Å²) in [5, 5.41) is 6.31. The number of nitrogens with one attached hydrogen (secondary N) is 2. The molecule has 308 valence electrons. The monoisotopic (exact) mass is 781 g/mol. The molecule has 56 heavy (non-hydrogen) atoms. The Labute approximate surface area is 329 Å². The van der Waals surface area contributed by atoms with E-state index in [9.17, 15) is 38.4 Å². The molecule has 4 rings (SSSR count). The fourth-order valence-corrected chi connectivity index (χ4v) is 7.95. The normalized spacial score (nSPS) is 20.2. The molecule has 3 fully saturated rings. The molecule has 3 aliphatic rings. The molecule has 3 aliphatic heterocycles. The number of nitrogens with zero attached hydrogens (tertiary/aromatic N) is 5. The lowest BCUT2D eigenvalue weighted by atomic mass is 9.96. The summed E-state index contributed by atoms with van der Waals surface area (Å²) >= 11 is 0. The Morgan fingerprint density at radius 3 is 1.86 bits per heavy atom. The molecule has 0 bridgehead atoms. The van der Waals surface area contributed by atoms with Gasteiger partial charge in [-0.2, -0.15) is 0 Å². The van der Waals surface area contributed by atoms with Gasteiger partial charge in [-0.1, -0.05) is 53.7 Å². The van der Waals surface area contributed by atoms with Gasteiger partial charge in [0.05, 0.1) is 11.6 Å². The van der Waals surface area contributed by atoms with Crippen LogP contribution in [0.4, 0.5) is 0 Å². The molecule has 0 saturated carbocycles. The first kappa shape index (κ1) is 43.9. The SMILES string of the molecule is CC(C)C(NC(=O)C(C(C)C)N(C)C)C(=O)N(C)C(C(=O)N1CCCC1C(=O)N1CCCC1C(=O)NCc1ccc(C(=O)ON2C(=O)CCC2=O)cc1)C(C)C. The van der Waals surface area contributed by atoms with E-state index in [0.717, 1.165) is 0 Å². The number of likely N-dealkylation sites (N-methyl/N-ethyl adjacent to an activating group) is 2. The van der Waals surface area contributed by atoms with Gasteiger partial charge in [-0.3, -0.25) is 38.5 Å². The van der Waals surface area contributed by atoms with Crippen molar-refractivity contribution < 1.29 is 43.2 Å². The number of hydrogen-bond acceptors (Lipinski definition) is 10. The zero-order valence-corrected chi connectivity index (χ0v) is 34.2. The number of hydrogen-bond donors (Lipinski definition) is 2. The van der Waals surface area contributed by atoms with Crippen LogP contribution in [0, 0.1) is 17.8 Å². The van der Waals surface area contributed by atoms with Crippen molar-refractivity contribution in [1.82, 2.24) is 35.3 Å². The summed E-state index contributed by atoms with van der Waals surface area (Å²) in [6, 6.07) is 2.44. The second-order valence-corrected chi connectivity index (χ2v) is 16.3. The maximum absolute atomic E-state index is 14.3.